The van der Waals surface area contributed by atoms with E-state index in [0.29, 0.717) is 11.4 Å². The molecular weight excluding hydrogens is 177 g/mol. The lowest BCUT2D eigenvalue weighted by Gasteiger charge is -2.06. The first kappa shape index (κ1) is 9.49. The summed E-state index contributed by atoms with van der Waals surface area (Å²) in [5, 5.41) is 0.451. The Balaban J connectivity index is 2.86. The number of nitrogens with two attached hydrogens (primary N) is 1. The Morgan fingerprint density at radius 3 is 2.75 bits per heavy atom. The van der Waals surface area contributed by atoms with E-state index in [1.54, 1.807) is 6.07 Å². The third-order valence-corrected chi connectivity index (χ3v) is 1.91. The van der Waals surface area contributed by atoms with Crippen molar-refractivity contribution in [1.82, 2.24) is 0 Å². The molecule has 0 aliphatic heterocycles. The van der Waals surface area contributed by atoms with Gasteiger partial charge in [-0.15, -0.1) is 0 Å². The maximum Gasteiger partial charge on any atom is 0.124 e. The molecule has 0 saturated heterocycles. The van der Waals surface area contributed by atoms with E-state index in [1.807, 2.05) is 6.92 Å². The van der Waals surface area contributed by atoms with Crippen molar-refractivity contribution in [2.75, 3.05) is 0 Å². The predicted molar refractivity (Wildman–Crippen MR) is 48.8 cm³/mol. The van der Waals surface area contributed by atoms with E-state index in [9.17, 15) is 4.39 Å². The molecule has 0 heterocycles. The molecule has 1 rings (SSSR count). The second-order valence-electron chi connectivity index (χ2n) is 2.92. The van der Waals surface area contributed by atoms with Crippen LogP contribution in [-0.2, 0) is 6.42 Å². The lowest BCUT2D eigenvalue weighted by molar-refractivity contribution is 0.626. The fraction of sp³-hybridized carbons (Fsp3) is 0.333. The molecule has 0 radical (unpaired) electrons. The Bertz CT molecular complexity index is 273. The van der Waals surface area contributed by atoms with Crippen LogP contribution < -0.4 is 5.73 Å². The topological polar surface area (TPSA) is 26.0 Å². The highest BCUT2D eigenvalue weighted by Gasteiger charge is 2.03. The van der Waals surface area contributed by atoms with E-state index in [-0.39, 0.29) is 11.9 Å². The minimum Gasteiger partial charge on any atom is -0.328 e. The molecule has 0 amide bonds. The minimum absolute atomic E-state index is 0.0490. The highest BCUT2D eigenvalue weighted by atomic mass is 35.5. The Morgan fingerprint density at radius 1 is 1.58 bits per heavy atom. The zero-order valence-electron chi connectivity index (χ0n) is 6.85. The van der Waals surface area contributed by atoms with Gasteiger partial charge in [0.05, 0.1) is 0 Å². The highest BCUT2D eigenvalue weighted by molar-refractivity contribution is 6.31. The Labute approximate surface area is 76.3 Å². The first-order valence-electron chi connectivity index (χ1n) is 3.79. The summed E-state index contributed by atoms with van der Waals surface area (Å²) < 4.78 is 12.6. The summed E-state index contributed by atoms with van der Waals surface area (Å²) in [4.78, 5) is 0. The van der Waals surface area contributed by atoms with Gasteiger partial charge in [0.15, 0.2) is 0 Å². The van der Waals surface area contributed by atoms with E-state index in [2.05, 4.69) is 0 Å². The molecule has 0 aliphatic rings. The van der Waals surface area contributed by atoms with Gasteiger partial charge in [0.25, 0.3) is 0 Å². The molecule has 0 bridgehead atoms. The van der Waals surface area contributed by atoms with Gasteiger partial charge in [0, 0.05) is 11.1 Å². The summed E-state index contributed by atoms with van der Waals surface area (Å²) in [6.45, 7) is 1.89. The van der Waals surface area contributed by atoms with E-state index in [4.69, 9.17) is 17.3 Å². The molecule has 0 aromatic heterocycles. The van der Waals surface area contributed by atoms with Crippen LogP contribution in [0, 0.1) is 5.82 Å². The molecule has 1 aromatic rings. The molecule has 0 spiro atoms. The minimum atomic E-state index is -0.312. The SMILES string of the molecule is CC(N)Cc1ccc(F)cc1Cl. The molecule has 66 valence electrons. The van der Waals surface area contributed by atoms with Gasteiger partial charge >= 0.3 is 0 Å². The van der Waals surface area contributed by atoms with E-state index >= 15 is 0 Å². The van der Waals surface area contributed by atoms with Crippen molar-refractivity contribution >= 4 is 11.6 Å². The smallest absolute Gasteiger partial charge is 0.124 e. The van der Waals surface area contributed by atoms with Crippen LogP contribution >= 0.6 is 11.6 Å². The van der Waals surface area contributed by atoms with Gasteiger partial charge in [-0.3, -0.25) is 0 Å². The quantitative estimate of drug-likeness (QED) is 0.756. The average Bonchev–Trinajstić information content (AvgIpc) is 1.94. The molecule has 3 heteroatoms. The zero-order valence-corrected chi connectivity index (χ0v) is 7.61. The standard InChI is InChI=1S/C9H11ClFN/c1-6(12)4-7-2-3-8(11)5-9(7)10/h2-3,5-6H,4,12H2,1H3. The van der Waals surface area contributed by atoms with Crippen molar-refractivity contribution in [2.45, 2.75) is 19.4 Å². The van der Waals surface area contributed by atoms with Crippen LogP contribution in [0.1, 0.15) is 12.5 Å². The van der Waals surface area contributed by atoms with Crippen molar-refractivity contribution in [3.05, 3.63) is 34.6 Å². The second-order valence-corrected chi connectivity index (χ2v) is 3.32. The molecule has 1 unspecified atom stereocenters. The normalized spacial score (nSPS) is 13.0. The lowest BCUT2D eigenvalue weighted by Crippen LogP contribution is -2.17. The summed E-state index contributed by atoms with van der Waals surface area (Å²) in [5.74, 6) is -0.312. The summed E-state index contributed by atoms with van der Waals surface area (Å²) >= 11 is 5.78. The molecule has 0 saturated carbocycles. The van der Waals surface area contributed by atoms with Crippen LogP contribution in [0.2, 0.25) is 5.02 Å². The third-order valence-electron chi connectivity index (χ3n) is 1.56. The van der Waals surface area contributed by atoms with Crippen molar-refractivity contribution in [1.29, 1.82) is 0 Å². The molecular formula is C9H11ClFN. The van der Waals surface area contributed by atoms with Gasteiger partial charge in [-0.25, -0.2) is 4.39 Å². The monoisotopic (exact) mass is 187 g/mol. The van der Waals surface area contributed by atoms with Crippen LogP contribution in [0.5, 0.6) is 0 Å². The van der Waals surface area contributed by atoms with Gasteiger partial charge < -0.3 is 5.73 Å². The van der Waals surface area contributed by atoms with Crippen LogP contribution in [0.4, 0.5) is 4.39 Å². The van der Waals surface area contributed by atoms with Crippen LogP contribution in [-0.4, -0.2) is 6.04 Å². The first-order chi connectivity index (χ1) is 5.59. The van der Waals surface area contributed by atoms with Gasteiger partial charge in [0.1, 0.15) is 5.82 Å². The Hall–Kier alpha value is -0.600. The van der Waals surface area contributed by atoms with E-state index in [0.717, 1.165) is 5.56 Å². The number of rotatable bonds is 2. The number of halogens is 2. The summed E-state index contributed by atoms with van der Waals surface area (Å²) in [5.41, 5.74) is 6.48. The summed E-state index contributed by atoms with van der Waals surface area (Å²) in [6, 6.07) is 4.41. The van der Waals surface area contributed by atoms with Crippen LogP contribution in [0.15, 0.2) is 18.2 Å². The highest BCUT2D eigenvalue weighted by Crippen LogP contribution is 2.18. The zero-order chi connectivity index (χ0) is 9.14. The maximum absolute atomic E-state index is 12.6. The molecule has 2 N–H and O–H groups in total. The number of hydrogen-bond donors (Lipinski definition) is 1. The second kappa shape index (κ2) is 3.87. The van der Waals surface area contributed by atoms with Crippen molar-refractivity contribution in [2.24, 2.45) is 5.73 Å². The summed E-state index contributed by atoms with van der Waals surface area (Å²) in [7, 11) is 0. The third kappa shape index (κ3) is 2.47. The molecule has 1 atom stereocenters. The Morgan fingerprint density at radius 2 is 2.25 bits per heavy atom. The van der Waals surface area contributed by atoms with Gasteiger partial charge in [-0.2, -0.15) is 0 Å². The largest absolute Gasteiger partial charge is 0.328 e. The maximum atomic E-state index is 12.6. The van der Waals surface area contributed by atoms with Crippen molar-refractivity contribution in [3.63, 3.8) is 0 Å². The van der Waals surface area contributed by atoms with Crippen LogP contribution in [0.25, 0.3) is 0 Å². The fourth-order valence-corrected chi connectivity index (χ4v) is 1.28. The number of hydrogen-bond acceptors (Lipinski definition) is 1. The van der Waals surface area contributed by atoms with Gasteiger partial charge in [0.2, 0.25) is 0 Å². The summed E-state index contributed by atoms with van der Waals surface area (Å²) in [6.07, 6.45) is 0.680. The predicted octanol–water partition coefficient (Wildman–Crippen LogP) is 2.37. The van der Waals surface area contributed by atoms with E-state index in [1.165, 1.54) is 12.1 Å². The number of benzene rings is 1. The molecule has 1 aromatic carbocycles. The average molecular weight is 188 g/mol. The van der Waals surface area contributed by atoms with Crippen molar-refractivity contribution in [3.8, 4) is 0 Å². The molecule has 1 nitrogen and oxygen atoms in total. The molecule has 12 heavy (non-hydrogen) atoms. The van der Waals surface area contributed by atoms with Gasteiger partial charge in [-0.05, 0) is 31.0 Å². The molecule has 0 aliphatic carbocycles. The molecule has 0 fully saturated rings. The van der Waals surface area contributed by atoms with Crippen LogP contribution in [0.3, 0.4) is 0 Å². The Kier molecular flexibility index (Phi) is 3.06. The van der Waals surface area contributed by atoms with Crippen molar-refractivity contribution < 1.29 is 4.39 Å². The fourth-order valence-electron chi connectivity index (χ4n) is 1.03. The first-order valence-corrected chi connectivity index (χ1v) is 4.17. The van der Waals surface area contributed by atoms with E-state index < -0.39 is 0 Å². The van der Waals surface area contributed by atoms with Gasteiger partial charge in [-0.1, -0.05) is 17.7 Å². The lowest BCUT2D eigenvalue weighted by atomic mass is 10.1.